The molecular formula is C8H15O3P. The van der Waals surface area contributed by atoms with Crippen LogP contribution in [0, 0.1) is 0 Å². The molecular weight excluding hydrogens is 175 g/mol. The summed E-state index contributed by atoms with van der Waals surface area (Å²) in [5, 5.41) is 0. The van der Waals surface area contributed by atoms with Gasteiger partial charge in [-0.15, -0.1) is 6.58 Å². The van der Waals surface area contributed by atoms with E-state index in [0.29, 0.717) is 0 Å². The molecule has 0 aliphatic carbocycles. The Hall–Kier alpha value is -0.370. The third-order valence-corrected chi connectivity index (χ3v) is 2.89. The highest BCUT2D eigenvalue weighted by atomic mass is 31.2. The van der Waals surface area contributed by atoms with Crippen LogP contribution in [0.3, 0.4) is 0 Å². The summed E-state index contributed by atoms with van der Waals surface area (Å²) in [6.45, 7) is 7.36. The van der Waals surface area contributed by atoms with Crippen LogP contribution in [0.2, 0.25) is 0 Å². The highest BCUT2D eigenvalue weighted by Crippen LogP contribution is 2.49. The first-order valence-electron chi connectivity index (χ1n) is 3.61. The summed E-state index contributed by atoms with van der Waals surface area (Å²) in [4.78, 5) is 0. The molecule has 0 bridgehead atoms. The fourth-order valence-corrected chi connectivity index (χ4v) is 1.85. The van der Waals surface area contributed by atoms with Crippen LogP contribution in [0.5, 0.6) is 0 Å². The van der Waals surface area contributed by atoms with E-state index in [-0.39, 0.29) is 6.61 Å². The van der Waals surface area contributed by atoms with E-state index in [4.69, 9.17) is 9.05 Å². The molecule has 3 nitrogen and oxygen atoms in total. The second-order valence-corrected chi connectivity index (χ2v) is 4.47. The van der Waals surface area contributed by atoms with Crippen molar-refractivity contribution in [2.75, 3.05) is 13.7 Å². The number of hydrogen-bond acceptors (Lipinski definition) is 3. The van der Waals surface area contributed by atoms with Crippen molar-refractivity contribution in [3.63, 3.8) is 0 Å². The van der Waals surface area contributed by atoms with Crippen LogP contribution < -0.4 is 0 Å². The number of allylic oxidation sites excluding steroid dienone is 1. The zero-order valence-electron chi connectivity index (χ0n) is 7.74. The van der Waals surface area contributed by atoms with Crippen LogP contribution >= 0.6 is 7.60 Å². The summed E-state index contributed by atoms with van der Waals surface area (Å²) in [5.41, 5.74) is 0.907. The molecule has 0 heterocycles. The summed E-state index contributed by atoms with van der Waals surface area (Å²) in [6, 6.07) is 0. The summed E-state index contributed by atoms with van der Waals surface area (Å²) in [7, 11) is -1.64. The molecule has 1 atom stereocenters. The molecule has 0 saturated heterocycles. The standard InChI is InChI=1S/C8H15O3P/c1-5-6-11-12(9,10-4)7-8(2)3/h5,7H,1,6H2,2-4H3. The molecule has 0 spiro atoms. The van der Waals surface area contributed by atoms with Crippen LogP contribution in [-0.4, -0.2) is 13.7 Å². The molecule has 0 N–H and O–H groups in total. The average Bonchev–Trinajstić information content (AvgIpc) is 2.00. The lowest BCUT2D eigenvalue weighted by molar-refractivity contribution is 0.264. The van der Waals surface area contributed by atoms with Gasteiger partial charge in [-0.1, -0.05) is 11.6 Å². The van der Waals surface area contributed by atoms with Crippen molar-refractivity contribution in [1.29, 1.82) is 0 Å². The van der Waals surface area contributed by atoms with Crippen molar-refractivity contribution in [2.45, 2.75) is 13.8 Å². The van der Waals surface area contributed by atoms with Gasteiger partial charge in [-0.2, -0.15) is 0 Å². The third kappa shape index (κ3) is 4.50. The Balaban J connectivity index is 4.35. The van der Waals surface area contributed by atoms with Crippen LogP contribution in [0.15, 0.2) is 24.0 Å². The van der Waals surface area contributed by atoms with Crippen molar-refractivity contribution >= 4 is 7.60 Å². The van der Waals surface area contributed by atoms with E-state index in [9.17, 15) is 4.57 Å². The van der Waals surface area contributed by atoms with Gasteiger partial charge in [-0.25, -0.2) is 0 Å². The first-order valence-corrected chi connectivity index (χ1v) is 5.22. The molecule has 70 valence electrons. The summed E-state index contributed by atoms with van der Waals surface area (Å²) in [6.07, 6.45) is 1.53. The van der Waals surface area contributed by atoms with Crippen LogP contribution in [0.4, 0.5) is 0 Å². The van der Waals surface area contributed by atoms with Gasteiger partial charge in [0.15, 0.2) is 0 Å². The Labute approximate surface area is 73.6 Å². The summed E-state index contributed by atoms with van der Waals surface area (Å²) in [5.74, 6) is 1.50. The quantitative estimate of drug-likeness (QED) is 0.493. The van der Waals surface area contributed by atoms with Gasteiger partial charge in [0.1, 0.15) is 0 Å². The number of rotatable bonds is 5. The molecule has 0 aromatic heterocycles. The van der Waals surface area contributed by atoms with Crippen LogP contribution in [0.1, 0.15) is 13.8 Å². The topological polar surface area (TPSA) is 35.5 Å². The summed E-state index contributed by atoms with van der Waals surface area (Å²) >= 11 is 0. The Morgan fingerprint density at radius 1 is 1.58 bits per heavy atom. The first-order chi connectivity index (χ1) is 5.54. The van der Waals surface area contributed by atoms with Gasteiger partial charge >= 0.3 is 7.60 Å². The molecule has 0 aliphatic rings. The monoisotopic (exact) mass is 190 g/mol. The van der Waals surface area contributed by atoms with E-state index in [1.54, 1.807) is 0 Å². The number of hydrogen-bond donors (Lipinski definition) is 0. The maximum absolute atomic E-state index is 11.6. The molecule has 12 heavy (non-hydrogen) atoms. The van der Waals surface area contributed by atoms with Crippen molar-refractivity contribution in [3.8, 4) is 0 Å². The molecule has 0 aromatic rings. The van der Waals surface area contributed by atoms with Gasteiger partial charge < -0.3 is 9.05 Å². The molecule has 0 rings (SSSR count). The van der Waals surface area contributed by atoms with Gasteiger partial charge in [0.2, 0.25) is 0 Å². The minimum Gasteiger partial charge on any atom is -0.309 e. The maximum Gasteiger partial charge on any atom is 0.354 e. The molecule has 0 aromatic carbocycles. The van der Waals surface area contributed by atoms with E-state index < -0.39 is 7.60 Å². The minimum absolute atomic E-state index is 0.231. The molecule has 0 aliphatic heterocycles. The van der Waals surface area contributed by atoms with Crippen molar-refractivity contribution in [3.05, 3.63) is 24.0 Å². The SMILES string of the molecule is C=CCOP(=O)(C=C(C)C)OC. The second kappa shape index (κ2) is 5.31. The molecule has 4 heteroatoms. The van der Waals surface area contributed by atoms with Gasteiger partial charge in [-0.3, -0.25) is 4.57 Å². The molecule has 0 amide bonds. The van der Waals surface area contributed by atoms with E-state index >= 15 is 0 Å². The normalized spacial score (nSPS) is 14.9. The predicted molar refractivity (Wildman–Crippen MR) is 50.2 cm³/mol. The Morgan fingerprint density at radius 3 is 2.50 bits per heavy atom. The van der Waals surface area contributed by atoms with Crippen molar-refractivity contribution < 1.29 is 13.6 Å². The zero-order chi connectivity index (χ0) is 9.61. The lowest BCUT2D eigenvalue weighted by Crippen LogP contribution is -1.90. The van der Waals surface area contributed by atoms with Crippen LogP contribution in [-0.2, 0) is 13.6 Å². The second-order valence-electron chi connectivity index (χ2n) is 2.51. The highest BCUT2D eigenvalue weighted by Gasteiger charge is 2.17. The van der Waals surface area contributed by atoms with Gasteiger partial charge in [0, 0.05) is 12.9 Å². The molecule has 0 saturated carbocycles. The van der Waals surface area contributed by atoms with Crippen LogP contribution in [0.25, 0.3) is 0 Å². The van der Waals surface area contributed by atoms with Crippen molar-refractivity contribution in [2.24, 2.45) is 0 Å². The third-order valence-electron chi connectivity index (χ3n) is 1.04. The smallest absolute Gasteiger partial charge is 0.309 e. The largest absolute Gasteiger partial charge is 0.354 e. The van der Waals surface area contributed by atoms with Gasteiger partial charge in [0.05, 0.1) is 6.61 Å². The van der Waals surface area contributed by atoms with E-state index in [0.717, 1.165) is 5.57 Å². The maximum atomic E-state index is 11.6. The Kier molecular flexibility index (Phi) is 5.14. The Bertz CT molecular complexity index is 216. The Morgan fingerprint density at radius 2 is 2.17 bits per heavy atom. The van der Waals surface area contributed by atoms with Gasteiger partial charge in [0.25, 0.3) is 0 Å². The zero-order valence-corrected chi connectivity index (χ0v) is 8.64. The van der Waals surface area contributed by atoms with E-state index in [1.807, 2.05) is 13.8 Å². The average molecular weight is 190 g/mol. The highest BCUT2D eigenvalue weighted by molar-refractivity contribution is 7.57. The fourth-order valence-electron chi connectivity index (χ4n) is 0.616. The predicted octanol–water partition coefficient (Wildman–Crippen LogP) is 2.95. The lowest BCUT2D eigenvalue weighted by Gasteiger charge is -2.11. The van der Waals surface area contributed by atoms with Crippen molar-refractivity contribution in [1.82, 2.24) is 0 Å². The molecule has 0 fully saturated rings. The minimum atomic E-state index is -3.01. The summed E-state index contributed by atoms with van der Waals surface area (Å²) < 4.78 is 21.3. The van der Waals surface area contributed by atoms with E-state index in [1.165, 1.54) is 19.0 Å². The van der Waals surface area contributed by atoms with Gasteiger partial charge in [-0.05, 0) is 13.8 Å². The molecule has 1 unspecified atom stereocenters. The van der Waals surface area contributed by atoms with E-state index in [2.05, 4.69) is 6.58 Å². The lowest BCUT2D eigenvalue weighted by atomic mass is 10.4. The molecule has 0 radical (unpaired) electrons. The fraction of sp³-hybridized carbons (Fsp3) is 0.500. The first kappa shape index (κ1) is 11.6.